The molecule has 1 saturated carbocycles. The van der Waals surface area contributed by atoms with Gasteiger partial charge in [0, 0.05) is 5.54 Å². The lowest BCUT2D eigenvalue weighted by atomic mass is 9.83. The van der Waals surface area contributed by atoms with Gasteiger partial charge in [-0.05, 0) is 44.6 Å². The third-order valence-electron chi connectivity index (χ3n) is 4.36. The molecule has 0 bridgehead atoms. The van der Waals surface area contributed by atoms with Crippen molar-refractivity contribution in [1.29, 1.82) is 0 Å². The Morgan fingerprint density at radius 2 is 2.00 bits per heavy atom. The van der Waals surface area contributed by atoms with Crippen molar-refractivity contribution in [3.05, 3.63) is 0 Å². The van der Waals surface area contributed by atoms with Crippen LogP contribution in [0.15, 0.2) is 0 Å². The Morgan fingerprint density at radius 1 is 1.13 bits per heavy atom. The van der Waals surface area contributed by atoms with Gasteiger partial charge in [0.05, 0.1) is 0 Å². The number of rotatable bonds is 5. The molecule has 0 aromatic rings. The highest BCUT2D eigenvalue weighted by molar-refractivity contribution is 5.01. The van der Waals surface area contributed by atoms with E-state index in [0.29, 0.717) is 5.54 Å². The van der Waals surface area contributed by atoms with E-state index >= 15 is 0 Å². The molecule has 0 aromatic heterocycles. The highest BCUT2D eigenvalue weighted by atomic mass is 15.0. The van der Waals surface area contributed by atoms with Crippen molar-refractivity contribution < 1.29 is 0 Å². The van der Waals surface area contributed by atoms with E-state index in [2.05, 4.69) is 12.2 Å². The summed E-state index contributed by atoms with van der Waals surface area (Å²) in [5.41, 5.74) is 0.575. The number of unbranched alkanes of at least 4 members (excludes halogenated alkanes) is 2. The first-order chi connectivity index (χ1) is 7.37. The van der Waals surface area contributed by atoms with Crippen LogP contribution in [0, 0.1) is 5.92 Å². The number of hydrogen-bond acceptors (Lipinski definition) is 1. The maximum atomic E-state index is 3.92. The van der Waals surface area contributed by atoms with Gasteiger partial charge in [-0.15, -0.1) is 0 Å². The first-order valence-electron chi connectivity index (χ1n) is 7.12. The smallest absolute Gasteiger partial charge is 0.0209 e. The summed E-state index contributed by atoms with van der Waals surface area (Å²) >= 11 is 0. The minimum atomic E-state index is 0.575. The van der Waals surface area contributed by atoms with Gasteiger partial charge in [0.15, 0.2) is 0 Å². The van der Waals surface area contributed by atoms with Gasteiger partial charge < -0.3 is 5.32 Å². The molecule has 1 atom stereocenters. The minimum Gasteiger partial charge on any atom is -0.311 e. The SMILES string of the molecule is CCCCCC1(C2CC2)CCCCCN1. The zero-order valence-corrected chi connectivity index (χ0v) is 10.4. The van der Waals surface area contributed by atoms with E-state index in [9.17, 15) is 0 Å². The summed E-state index contributed by atoms with van der Waals surface area (Å²) in [7, 11) is 0. The Morgan fingerprint density at radius 3 is 2.73 bits per heavy atom. The van der Waals surface area contributed by atoms with Crippen LogP contribution in [-0.2, 0) is 0 Å². The molecule has 1 unspecified atom stereocenters. The molecule has 0 spiro atoms. The van der Waals surface area contributed by atoms with E-state index in [1.165, 1.54) is 70.8 Å². The van der Waals surface area contributed by atoms with Gasteiger partial charge in [-0.3, -0.25) is 0 Å². The molecule has 0 amide bonds. The van der Waals surface area contributed by atoms with Crippen LogP contribution in [0.3, 0.4) is 0 Å². The van der Waals surface area contributed by atoms with E-state index in [1.807, 2.05) is 0 Å². The molecule has 2 aliphatic rings. The maximum Gasteiger partial charge on any atom is 0.0209 e. The van der Waals surface area contributed by atoms with Crippen LogP contribution in [0.4, 0.5) is 0 Å². The van der Waals surface area contributed by atoms with Crippen molar-refractivity contribution in [2.24, 2.45) is 5.92 Å². The molecular weight excluding hydrogens is 182 g/mol. The molecule has 0 aromatic carbocycles. The molecular formula is C14H27N. The van der Waals surface area contributed by atoms with Crippen LogP contribution in [0.1, 0.15) is 71.1 Å². The normalized spacial score (nSPS) is 32.6. The second kappa shape index (κ2) is 5.34. The Balaban J connectivity index is 1.88. The van der Waals surface area contributed by atoms with E-state index in [1.54, 1.807) is 0 Å². The molecule has 1 N–H and O–H groups in total. The first-order valence-corrected chi connectivity index (χ1v) is 7.12. The van der Waals surface area contributed by atoms with Gasteiger partial charge in [0.2, 0.25) is 0 Å². The monoisotopic (exact) mass is 209 g/mol. The van der Waals surface area contributed by atoms with Crippen LogP contribution in [0.25, 0.3) is 0 Å². The lowest BCUT2D eigenvalue weighted by Crippen LogP contribution is -2.46. The lowest BCUT2D eigenvalue weighted by molar-refractivity contribution is 0.245. The van der Waals surface area contributed by atoms with Gasteiger partial charge >= 0.3 is 0 Å². The van der Waals surface area contributed by atoms with Gasteiger partial charge in [0.25, 0.3) is 0 Å². The van der Waals surface area contributed by atoms with Crippen LogP contribution >= 0.6 is 0 Å². The standard InChI is InChI=1S/C14H27N/c1-2-3-5-10-14(13-8-9-13)11-6-4-7-12-15-14/h13,15H,2-12H2,1H3. The highest BCUT2D eigenvalue weighted by Gasteiger charge is 2.43. The summed E-state index contributed by atoms with van der Waals surface area (Å²) < 4.78 is 0. The van der Waals surface area contributed by atoms with Gasteiger partial charge in [-0.1, -0.05) is 39.0 Å². The van der Waals surface area contributed by atoms with Gasteiger partial charge in [-0.2, -0.15) is 0 Å². The molecule has 1 aliphatic carbocycles. The van der Waals surface area contributed by atoms with Gasteiger partial charge in [0.1, 0.15) is 0 Å². The van der Waals surface area contributed by atoms with Crippen LogP contribution in [0.2, 0.25) is 0 Å². The van der Waals surface area contributed by atoms with Gasteiger partial charge in [-0.25, -0.2) is 0 Å². The maximum absolute atomic E-state index is 3.92. The average Bonchev–Trinajstić information content (AvgIpc) is 3.06. The summed E-state index contributed by atoms with van der Waals surface area (Å²) in [4.78, 5) is 0. The van der Waals surface area contributed by atoms with Crippen molar-refractivity contribution in [2.45, 2.75) is 76.7 Å². The fraction of sp³-hybridized carbons (Fsp3) is 1.00. The quantitative estimate of drug-likeness (QED) is 0.678. The Hall–Kier alpha value is -0.0400. The number of hydrogen-bond donors (Lipinski definition) is 1. The average molecular weight is 209 g/mol. The molecule has 15 heavy (non-hydrogen) atoms. The molecule has 1 aliphatic heterocycles. The zero-order valence-electron chi connectivity index (χ0n) is 10.4. The predicted octanol–water partition coefficient (Wildman–Crippen LogP) is 3.88. The van der Waals surface area contributed by atoms with E-state index in [4.69, 9.17) is 0 Å². The topological polar surface area (TPSA) is 12.0 Å². The minimum absolute atomic E-state index is 0.575. The molecule has 1 heterocycles. The number of nitrogens with one attached hydrogen (secondary N) is 1. The van der Waals surface area contributed by atoms with Crippen molar-refractivity contribution in [1.82, 2.24) is 5.32 Å². The van der Waals surface area contributed by atoms with Crippen LogP contribution in [-0.4, -0.2) is 12.1 Å². The molecule has 1 heteroatoms. The fourth-order valence-corrected chi connectivity index (χ4v) is 3.26. The molecule has 1 saturated heterocycles. The molecule has 88 valence electrons. The summed E-state index contributed by atoms with van der Waals surface area (Å²) in [5, 5.41) is 3.92. The Kier molecular flexibility index (Phi) is 4.07. The lowest BCUT2D eigenvalue weighted by Gasteiger charge is -2.34. The van der Waals surface area contributed by atoms with E-state index < -0.39 is 0 Å². The third-order valence-corrected chi connectivity index (χ3v) is 4.36. The second-order valence-electron chi connectivity index (χ2n) is 5.62. The molecule has 2 rings (SSSR count). The van der Waals surface area contributed by atoms with Crippen LogP contribution in [0.5, 0.6) is 0 Å². The van der Waals surface area contributed by atoms with Crippen molar-refractivity contribution in [3.8, 4) is 0 Å². The van der Waals surface area contributed by atoms with Crippen LogP contribution < -0.4 is 5.32 Å². The first kappa shape index (κ1) is 11.4. The van der Waals surface area contributed by atoms with Crippen molar-refractivity contribution in [3.63, 3.8) is 0 Å². The summed E-state index contributed by atoms with van der Waals surface area (Å²) in [6.07, 6.45) is 14.5. The largest absolute Gasteiger partial charge is 0.311 e. The summed E-state index contributed by atoms with van der Waals surface area (Å²) in [6.45, 7) is 3.59. The summed E-state index contributed by atoms with van der Waals surface area (Å²) in [5.74, 6) is 1.03. The van der Waals surface area contributed by atoms with E-state index in [0.717, 1.165) is 5.92 Å². The highest BCUT2D eigenvalue weighted by Crippen LogP contribution is 2.45. The Labute approximate surface area is 95.0 Å². The Bertz CT molecular complexity index is 176. The third kappa shape index (κ3) is 2.96. The van der Waals surface area contributed by atoms with E-state index in [-0.39, 0.29) is 0 Å². The molecule has 0 radical (unpaired) electrons. The van der Waals surface area contributed by atoms with Crippen molar-refractivity contribution >= 4 is 0 Å². The summed E-state index contributed by atoms with van der Waals surface area (Å²) in [6, 6.07) is 0. The second-order valence-corrected chi connectivity index (χ2v) is 5.62. The molecule has 1 nitrogen and oxygen atoms in total. The van der Waals surface area contributed by atoms with Crippen molar-refractivity contribution in [2.75, 3.05) is 6.54 Å². The fourth-order valence-electron chi connectivity index (χ4n) is 3.26. The molecule has 2 fully saturated rings. The zero-order chi connectivity index (χ0) is 10.6. The predicted molar refractivity (Wildman–Crippen MR) is 66.1 cm³/mol.